The number of rotatable bonds is 2. The molecule has 3 N–H and O–H groups in total. The molecule has 0 saturated carbocycles. The molecule has 2 rings (SSSR count). The molecule has 17 heavy (non-hydrogen) atoms. The third-order valence-corrected chi connectivity index (χ3v) is 2.11. The molecule has 0 radical (unpaired) electrons. The summed E-state index contributed by atoms with van der Waals surface area (Å²) in [5, 5.41) is 1.18. The molecule has 7 nitrogen and oxygen atoms in total. The Morgan fingerprint density at radius 1 is 1.41 bits per heavy atom. The van der Waals surface area contributed by atoms with Crippen LogP contribution in [0.15, 0.2) is 23.1 Å². The summed E-state index contributed by atoms with van der Waals surface area (Å²) < 4.78 is 0. The second-order valence-electron chi connectivity index (χ2n) is 3.63. The lowest BCUT2D eigenvalue weighted by Gasteiger charge is -2.09. The smallest absolute Gasteiger partial charge is 0.288 e. The number of aromatic nitrogens is 4. The van der Waals surface area contributed by atoms with Crippen molar-refractivity contribution in [3.63, 3.8) is 0 Å². The van der Waals surface area contributed by atoms with Crippen molar-refractivity contribution in [2.24, 2.45) is 5.84 Å². The van der Waals surface area contributed by atoms with Crippen LogP contribution in [0.4, 0.5) is 5.95 Å². The summed E-state index contributed by atoms with van der Waals surface area (Å²) in [6.45, 7) is 1.93. The fourth-order valence-corrected chi connectivity index (χ4v) is 1.32. The summed E-state index contributed by atoms with van der Waals surface area (Å²) in [7, 11) is 1.56. The van der Waals surface area contributed by atoms with E-state index in [1.54, 1.807) is 13.2 Å². The van der Waals surface area contributed by atoms with Crippen LogP contribution in [0.1, 0.15) is 5.56 Å². The zero-order valence-corrected chi connectivity index (χ0v) is 9.51. The molecule has 88 valence electrons. The number of nitrogens with zero attached hydrogens (tertiary/aromatic N) is 4. The van der Waals surface area contributed by atoms with Crippen molar-refractivity contribution in [1.29, 1.82) is 0 Å². The average molecular weight is 232 g/mol. The van der Waals surface area contributed by atoms with Crippen molar-refractivity contribution in [3.05, 3.63) is 34.4 Å². The van der Waals surface area contributed by atoms with Crippen LogP contribution in [-0.4, -0.2) is 27.0 Å². The highest BCUT2D eigenvalue weighted by Crippen LogP contribution is 2.12. The highest BCUT2D eigenvalue weighted by molar-refractivity contribution is 5.51. The fraction of sp³-hybridized carbons (Fsp3) is 0.200. The topological polar surface area (TPSA) is 101 Å². The predicted octanol–water partition coefficient (Wildman–Crippen LogP) is -0.155. The molecular formula is C10H12N6O. The normalized spacial score (nSPS) is 10.3. The molecule has 2 aromatic rings. The van der Waals surface area contributed by atoms with E-state index < -0.39 is 5.69 Å². The van der Waals surface area contributed by atoms with Gasteiger partial charge in [-0.2, -0.15) is 9.97 Å². The van der Waals surface area contributed by atoms with E-state index in [0.29, 0.717) is 11.5 Å². The van der Waals surface area contributed by atoms with Gasteiger partial charge in [-0.1, -0.05) is 0 Å². The van der Waals surface area contributed by atoms with Crippen LogP contribution in [0, 0.1) is 6.92 Å². The minimum absolute atomic E-state index is 0.145. The summed E-state index contributed by atoms with van der Waals surface area (Å²) in [6.07, 6.45) is 1.65. The zero-order valence-electron chi connectivity index (χ0n) is 9.51. The Balaban J connectivity index is 2.56. The van der Waals surface area contributed by atoms with Gasteiger partial charge in [0.1, 0.15) is 5.69 Å². The summed E-state index contributed by atoms with van der Waals surface area (Å²) in [5.74, 6) is 5.99. The number of aryl methyl sites for hydroxylation is 1. The summed E-state index contributed by atoms with van der Waals surface area (Å²) in [4.78, 5) is 25.8. The number of hydrogen-bond donors (Lipinski definition) is 2. The van der Waals surface area contributed by atoms with Crippen molar-refractivity contribution in [2.45, 2.75) is 6.92 Å². The Hall–Kier alpha value is -2.28. The quantitative estimate of drug-likeness (QED) is 0.551. The van der Waals surface area contributed by atoms with Gasteiger partial charge in [0, 0.05) is 13.2 Å². The number of aromatic amines is 1. The molecule has 0 saturated heterocycles. The molecule has 0 fully saturated rings. The second kappa shape index (κ2) is 4.30. The third kappa shape index (κ3) is 2.45. The molecule has 0 aromatic carbocycles. The molecule has 0 bridgehead atoms. The molecule has 0 unspecified atom stereocenters. The van der Waals surface area contributed by atoms with Crippen LogP contribution < -0.4 is 16.5 Å². The molecule has 0 atom stereocenters. The van der Waals surface area contributed by atoms with Gasteiger partial charge in [0.25, 0.3) is 0 Å². The minimum atomic E-state index is -0.509. The van der Waals surface area contributed by atoms with Gasteiger partial charge in [0.2, 0.25) is 5.95 Å². The lowest BCUT2D eigenvalue weighted by atomic mass is 10.2. The zero-order chi connectivity index (χ0) is 12.4. The first kappa shape index (κ1) is 11.2. The SMILES string of the molecule is Cc1ccnc(-c2nc(N(C)N)nc(=O)[nH]2)c1. The van der Waals surface area contributed by atoms with Gasteiger partial charge in [-0.3, -0.25) is 15.0 Å². The summed E-state index contributed by atoms with van der Waals surface area (Å²) in [5.41, 5.74) is 1.09. The monoisotopic (exact) mass is 232 g/mol. The summed E-state index contributed by atoms with van der Waals surface area (Å²) in [6, 6.07) is 3.68. The van der Waals surface area contributed by atoms with Gasteiger partial charge < -0.3 is 0 Å². The maximum Gasteiger partial charge on any atom is 0.349 e. The number of nitrogens with one attached hydrogen (secondary N) is 1. The first-order valence-corrected chi connectivity index (χ1v) is 4.96. The number of anilines is 1. The first-order chi connectivity index (χ1) is 8.06. The molecular weight excluding hydrogens is 220 g/mol. The number of hydrazine groups is 1. The Labute approximate surface area is 97.3 Å². The van der Waals surface area contributed by atoms with Gasteiger partial charge in [0.15, 0.2) is 5.82 Å². The van der Waals surface area contributed by atoms with Gasteiger partial charge in [0.05, 0.1) is 0 Å². The Morgan fingerprint density at radius 2 is 2.18 bits per heavy atom. The fourth-order valence-electron chi connectivity index (χ4n) is 1.32. The van der Waals surface area contributed by atoms with E-state index in [-0.39, 0.29) is 5.95 Å². The van der Waals surface area contributed by atoms with Crippen molar-refractivity contribution < 1.29 is 0 Å². The van der Waals surface area contributed by atoms with E-state index in [4.69, 9.17) is 5.84 Å². The van der Waals surface area contributed by atoms with E-state index in [2.05, 4.69) is 19.9 Å². The molecule has 0 amide bonds. The van der Waals surface area contributed by atoms with Crippen LogP contribution in [0.5, 0.6) is 0 Å². The molecule has 0 aliphatic carbocycles. The molecule has 7 heteroatoms. The van der Waals surface area contributed by atoms with Crippen molar-refractivity contribution in [3.8, 4) is 11.5 Å². The van der Waals surface area contributed by atoms with Crippen molar-refractivity contribution in [2.75, 3.05) is 12.1 Å². The van der Waals surface area contributed by atoms with Crippen molar-refractivity contribution in [1.82, 2.24) is 19.9 Å². The van der Waals surface area contributed by atoms with Gasteiger partial charge >= 0.3 is 5.69 Å². The summed E-state index contributed by atoms with van der Waals surface area (Å²) >= 11 is 0. The molecule has 0 spiro atoms. The second-order valence-corrected chi connectivity index (χ2v) is 3.63. The largest absolute Gasteiger partial charge is 0.349 e. The van der Waals surface area contributed by atoms with Crippen molar-refractivity contribution >= 4 is 5.95 Å². The lowest BCUT2D eigenvalue weighted by molar-refractivity contribution is 0.883. The highest BCUT2D eigenvalue weighted by Gasteiger charge is 2.08. The van der Waals surface area contributed by atoms with Crippen LogP contribution in [0.2, 0.25) is 0 Å². The number of pyridine rings is 1. The van der Waals surface area contributed by atoms with E-state index in [1.807, 2.05) is 19.1 Å². The van der Waals surface area contributed by atoms with E-state index >= 15 is 0 Å². The third-order valence-electron chi connectivity index (χ3n) is 2.11. The molecule has 2 aromatic heterocycles. The predicted molar refractivity (Wildman–Crippen MR) is 63.2 cm³/mol. The molecule has 0 aliphatic rings. The Morgan fingerprint density at radius 3 is 2.82 bits per heavy atom. The molecule has 0 aliphatic heterocycles. The minimum Gasteiger partial charge on any atom is -0.288 e. The number of H-pyrrole nitrogens is 1. The van der Waals surface area contributed by atoms with E-state index in [1.165, 1.54) is 5.01 Å². The first-order valence-electron chi connectivity index (χ1n) is 4.96. The highest BCUT2D eigenvalue weighted by atomic mass is 16.1. The number of nitrogens with two attached hydrogens (primary N) is 1. The standard InChI is InChI=1S/C10H12N6O/c1-6-3-4-12-7(5-6)8-13-9(16(2)11)15-10(17)14-8/h3-5H,11H2,1-2H3,(H,13,14,15,17). The average Bonchev–Trinajstić information content (AvgIpc) is 2.28. The van der Waals surface area contributed by atoms with Crippen LogP contribution in [0.25, 0.3) is 11.5 Å². The van der Waals surface area contributed by atoms with Gasteiger partial charge in [-0.05, 0) is 24.6 Å². The van der Waals surface area contributed by atoms with Crippen LogP contribution >= 0.6 is 0 Å². The molecule has 2 heterocycles. The van der Waals surface area contributed by atoms with Crippen LogP contribution in [-0.2, 0) is 0 Å². The number of hydrogen-bond acceptors (Lipinski definition) is 6. The Bertz CT molecular complexity index is 591. The lowest BCUT2D eigenvalue weighted by Crippen LogP contribution is -2.30. The van der Waals surface area contributed by atoms with Gasteiger partial charge in [-0.15, -0.1) is 0 Å². The van der Waals surface area contributed by atoms with E-state index in [9.17, 15) is 4.79 Å². The van der Waals surface area contributed by atoms with Gasteiger partial charge in [-0.25, -0.2) is 10.6 Å². The Kier molecular flexibility index (Phi) is 2.84. The van der Waals surface area contributed by atoms with E-state index in [0.717, 1.165) is 5.56 Å². The maximum atomic E-state index is 11.4. The van der Waals surface area contributed by atoms with Crippen LogP contribution in [0.3, 0.4) is 0 Å². The maximum absolute atomic E-state index is 11.4.